The number of nitrogens with two attached hydrogens (primary N) is 1. The normalized spacial score (nSPS) is 12.7. The van der Waals surface area contributed by atoms with E-state index in [1.165, 1.54) is 5.56 Å². The van der Waals surface area contributed by atoms with Crippen LogP contribution in [-0.2, 0) is 6.54 Å². The maximum absolute atomic E-state index is 5.92. The van der Waals surface area contributed by atoms with Crippen LogP contribution < -0.4 is 10.5 Å². The lowest BCUT2D eigenvalue weighted by Gasteiger charge is -2.25. The molecule has 0 spiro atoms. The third-order valence-electron chi connectivity index (χ3n) is 3.31. The van der Waals surface area contributed by atoms with E-state index in [0.717, 1.165) is 22.5 Å². The van der Waals surface area contributed by atoms with Crippen LogP contribution in [0.2, 0.25) is 0 Å². The first-order valence-electron chi connectivity index (χ1n) is 6.53. The van der Waals surface area contributed by atoms with E-state index in [1.54, 1.807) is 7.11 Å². The quantitative estimate of drug-likeness (QED) is 0.773. The van der Waals surface area contributed by atoms with E-state index in [-0.39, 0.29) is 6.04 Å². The first-order valence-corrected chi connectivity index (χ1v) is 8.11. The van der Waals surface area contributed by atoms with Crippen LogP contribution in [0.15, 0.2) is 43.9 Å². The van der Waals surface area contributed by atoms with E-state index in [9.17, 15) is 0 Å². The van der Waals surface area contributed by atoms with Gasteiger partial charge >= 0.3 is 0 Å². The number of nitrogens with zero attached hydrogens (tertiary/aromatic N) is 1. The molecule has 0 amide bonds. The summed E-state index contributed by atoms with van der Waals surface area (Å²) in [5.41, 5.74) is 7.08. The third kappa shape index (κ3) is 4.10. The zero-order valence-electron chi connectivity index (χ0n) is 12.0. The fourth-order valence-corrected chi connectivity index (χ4v) is 2.82. The van der Waals surface area contributed by atoms with Crippen LogP contribution in [0.5, 0.6) is 5.75 Å². The molecule has 1 unspecified atom stereocenters. The second-order valence-corrected chi connectivity index (χ2v) is 6.36. The zero-order chi connectivity index (χ0) is 15.4. The maximum Gasteiger partial charge on any atom is 0.183 e. The van der Waals surface area contributed by atoms with Crippen LogP contribution >= 0.6 is 31.9 Å². The van der Waals surface area contributed by atoms with Crippen molar-refractivity contribution in [2.75, 3.05) is 20.7 Å². The van der Waals surface area contributed by atoms with Crippen LogP contribution in [0.3, 0.4) is 0 Å². The van der Waals surface area contributed by atoms with E-state index in [0.29, 0.717) is 11.2 Å². The molecule has 0 aliphatic rings. The molecule has 0 aliphatic heterocycles. The minimum Gasteiger partial charge on any atom is -0.497 e. The lowest BCUT2D eigenvalue weighted by Crippen LogP contribution is -2.29. The summed E-state index contributed by atoms with van der Waals surface area (Å²) in [6, 6.07) is 9.98. The molecule has 2 rings (SSSR count). The predicted molar refractivity (Wildman–Crippen MR) is 90.4 cm³/mol. The van der Waals surface area contributed by atoms with Gasteiger partial charge in [0.05, 0.1) is 17.6 Å². The molecule has 0 radical (unpaired) electrons. The van der Waals surface area contributed by atoms with E-state index in [2.05, 4.69) is 42.8 Å². The van der Waals surface area contributed by atoms with Gasteiger partial charge in [-0.1, -0.05) is 12.1 Å². The van der Waals surface area contributed by atoms with Crippen molar-refractivity contribution in [3.63, 3.8) is 0 Å². The highest BCUT2D eigenvalue weighted by molar-refractivity contribution is 9.13. The molecule has 1 atom stereocenters. The fourth-order valence-electron chi connectivity index (χ4n) is 2.21. The number of hydrogen-bond acceptors (Lipinski definition) is 4. The molecule has 0 saturated heterocycles. The van der Waals surface area contributed by atoms with Crippen LogP contribution in [0, 0.1) is 0 Å². The smallest absolute Gasteiger partial charge is 0.183 e. The molecule has 0 bridgehead atoms. The Hall–Kier alpha value is -0.820. The molecule has 1 aromatic carbocycles. The lowest BCUT2D eigenvalue weighted by molar-refractivity contribution is 0.211. The van der Waals surface area contributed by atoms with E-state index < -0.39 is 0 Å². The van der Waals surface area contributed by atoms with Crippen molar-refractivity contribution in [2.24, 2.45) is 5.73 Å². The Kier molecular flexibility index (Phi) is 5.87. The zero-order valence-corrected chi connectivity index (χ0v) is 15.1. The summed E-state index contributed by atoms with van der Waals surface area (Å²) >= 11 is 6.79. The first-order chi connectivity index (χ1) is 10.0. The molecule has 0 saturated carbocycles. The van der Waals surface area contributed by atoms with Gasteiger partial charge in [-0.25, -0.2) is 0 Å². The number of likely N-dealkylation sites (N-methyl/N-ethyl adjacent to an activating group) is 1. The van der Waals surface area contributed by atoms with Gasteiger partial charge in [-0.15, -0.1) is 0 Å². The Morgan fingerprint density at radius 3 is 2.67 bits per heavy atom. The largest absolute Gasteiger partial charge is 0.497 e. The Bertz CT molecular complexity index is 582. The molecule has 21 heavy (non-hydrogen) atoms. The van der Waals surface area contributed by atoms with Gasteiger partial charge in [0, 0.05) is 13.1 Å². The van der Waals surface area contributed by atoms with Crippen LogP contribution in [0.1, 0.15) is 17.4 Å². The summed E-state index contributed by atoms with van der Waals surface area (Å²) in [7, 11) is 3.70. The van der Waals surface area contributed by atoms with Crippen molar-refractivity contribution >= 4 is 31.9 Å². The van der Waals surface area contributed by atoms with Crippen LogP contribution in [-0.4, -0.2) is 25.6 Å². The molecule has 2 aromatic rings. The molecule has 1 heterocycles. The number of benzene rings is 1. The number of ether oxygens (including phenoxy) is 1. The Labute approximate surface area is 141 Å². The molecular formula is C15H18Br2N2O2. The molecule has 4 nitrogen and oxygen atoms in total. The van der Waals surface area contributed by atoms with E-state index >= 15 is 0 Å². The highest BCUT2D eigenvalue weighted by atomic mass is 79.9. The fraction of sp³-hybridized carbons (Fsp3) is 0.333. The SMILES string of the molecule is COc1cccc(CN(C)C(CN)c2cc(Br)c(Br)o2)c1. The lowest BCUT2D eigenvalue weighted by atomic mass is 10.1. The molecule has 0 aliphatic carbocycles. The number of furan rings is 1. The van der Waals surface area contributed by atoms with E-state index in [4.69, 9.17) is 14.9 Å². The second-order valence-electron chi connectivity index (χ2n) is 4.79. The average Bonchev–Trinajstić information content (AvgIpc) is 2.79. The van der Waals surface area contributed by atoms with Gasteiger partial charge in [0.2, 0.25) is 0 Å². The Balaban J connectivity index is 2.14. The molecule has 6 heteroatoms. The third-order valence-corrected chi connectivity index (χ3v) is 5.02. The Morgan fingerprint density at radius 1 is 1.33 bits per heavy atom. The van der Waals surface area contributed by atoms with Gasteiger partial charge in [0.1, 0.15) is 11.5 Å². The van der Waals surface area contributed by atoms with Crippen molar-refractivity contribution in [3.05, 3.63) is 50.8 Å². The van der Waals surface area contributed by atoms with Crippen molar-refractivity contribution in [1.29, 1.82) is 0 Å². The van der Waals surface area contributed by atoms with E-state index in [1.807, 2.05) is 31.3 Å². The Morgan fingerprint density at radius 2 is 2.10 bits per heavy atom. The highest BCUT2D eigenvalue weighted by Gasteiger charge is 2.21. The monoisotopic (exact) mass is 416 g/mol. The molecular weight excluding hydrogens is 400 g/mol. The number of rotatable bonds is 6. The van der Waals surface area contributed by atoms with Crippen molar-refractivity contribution in [2.45, 2.75) is 12.6 Å². The van der Waals surface area contributed by atoms with Gasteiger partial charge in [0.25, 0.3) is 0 Å². The van der Waals surface area contributed by atoms with Gasteiger partial charge in [-0.05, 0) is 62.7 Å². The standard InChI is InChI=1S/C15H18Br2N2O2/c1-19(9-10-4-3-5-11(6-10)20-2)13(8-18)14-7-12(16)15(17)21-14/h3-7,13H,8-9,18H2,1-2H3. The van der Waals surface area contributed by atoms with Gasteiger partial charge in [0.15, 0.2) is 4.67 Å². The predicted octanol–water partition coefficient (Wildman–Crippen LogP) is 3.95. The maximum atomic E-state index is 5.92. The molecule has 1 aromatic heterocycles. The van der Waals surface area contributed by atoms with Crippen molar-refractivity contribution in [1.82, 2.24) is 4.90 Å². The van der Waals surface area contributed by atoms with Gasteiger partial charge in [-0.3, -0.25) is 4.90 Å². The molecule has 0 fully saturated rings. The molecule has 114 valence electrons. The summed E-state index contributed by atoms with van der Waals surface area (Å²) in [5, 5.41) is 0. The minimum atomic E-state index is 0.0128. The van der Waals surface area contributed by atoms with Crippen LogP contribution in [0.25, 0.3) is 0 Å². The van der Waals surface area contributed by atoms with Crippen molar-refractivity contribution < 1.29 is 9.15 Å². The average molecular weight is 418 g/mol. The molecule has 2 N–H and O–H groups in total. The second kappa shape index (κ2) is 7.45. The summed E-state index contributed by atoms with van der Waals surface area (Å²) < 4.78 is 12.5. The topological polar surface area (TPSA) is 51.6 Å². The van der Waals surface area contributed by atoms with Gasteiger partial charge in [-0.2, -0.15) is 0 Å². The summed E-state index contributed by atoms with van der Waals surface area (Å²) in [6.45, 7) is 1.24. The first kappa shape index (κ1) is 16.5. The highest BCUT2D eigenvalue weighted by Crippen LogP contribution is 2.32. The van der Waals surface area contributed by atoms with Crippen LogP contribution in [0.4, 0.5) is 0 Å². The number of methoxy groups -OCH3 is 1. The summed E-state index contributed by atoms with van der Waals surface area (Å²) in [4.78, 5) is 2.16. The summed E-state index contributed by atoms with van der Waals surface area (Å²) in [5.74, 6) is 1.69. The summed E-state index contributed by atoms with van der Waals surface area (Å²) in [6.07, 6.45) is 0. The minimum absolute atomic E-state index is 0.0128. The van der Waals surface area contributed by atoms with Gasteiger partial charge < -0.3 is 14.9 Å². The number of halogens is 2. The van der Waals surface area contributed by atoms with Crippen molar-refractivity contribution in [3.8, 4) is 5.75 Å². The number of hydrogen-bond donors (Lipinski definition) is 1.